The van der Waals surface area contributed by atoms with E-state index >= 15 is 0 Å². The van der Waals surface area contributed by atoms with Crippen molar-refractivity contribution in [2.24, 2.45) is 0 Å². The van der Waals surface area contributed by atoms with E-state index < -0.39 is 0 Å². The molecule has 0 heterocycles. The number of rotatable bonds is 5. The average Bonchev–Trinajstić information content (AvgIpc) is 2.18. The predicted molar refractivity (Wildman–Crippen MR) is 69.4 cm³/mol. The Morgan fingerprint density at radius 3 is 2.35 bits per heavy atom. The minimum atomic E-state index is -0.0208. The molecule has 1 amide bonds. The number of carbonyl (C=O) groups excluding carboxylic acids is 1. The van der Waals surface area contributed by atoms with Crippen molar-refractivity contribution in [3.05, 3.63) is 24.3 Å². The van der Waals surface area contributed by atoms with Crippen LogP contribution in [0, 0.1) is 0 Å². The van der Waals surface area contributed by atoms with Gasteiger partial charge in [0, 0.05) is 5.69 Å². The third-order valence-electron chi connectivity index (χ3n) is 1.97. The number of anilines is 1. The third kappa shape index (κ3) is 5.36. The molecule has 0 spiro atoms. The van der Waals surface area contributed by atoms with Gasteiger partial charge in [-0.2, -0.15) is 0 Å². The van der Waals surface area contributed by atoms with Crippen LogP contribution in [0.1, 0.15) is 13.8 Å². The monoisotopic (exact) mass is 236 g/mol. The summed E-state index contributed by atoms with van der Waals surface area (Å²) < 4.78 is 5.52. The quantitative estimate of drug-likeness (QED) is 0.850. The van der Waals surface area contributed by atoms with Gasteiger partial charge in [-0.1, -0.05) is 0 Å². The molecule has 4 heteroatoms. The SMILES string of the molecule is CC(C)Oc1ccc(NC(=O)CN(C)C)cc1. The molecule has 1 aromatic rings. The number of ether oxygens (including phenoxy) is 1. The van der Waals surface area contributed by atoms with Crippen molar-refractivity contribution in [2.45, 2.75) is 20.0 Å². The number of benzene rings is 1. The number of hydrogen-bond donors (Lipinski definition) is 1. The lowest BCUT2D eigenvalue weighted by atomic mass is 10.3. The van der Waals surface area contributed by atoms with Crippen molar-refractivity contribution in [1.29, 1.82) is 0 Å². The Balaban J connectivity index is 2.53. The first-order valence-corrected chi connectivity index (χ1v) is 5.68. The summed E-state index contributed by atoms with van der Waals surface area (Å²) in [5.41, 5.74) is 0.785. The molecule has 1 aromatic carbocycles. The maximum atomic E-state index is 11.5. The number of nitrogens with one attached hydrogen (secondary N) is 1. The van der Waals surface area contributed by atoms with Gasteiger partial charge in [-0.25, -0.2) is 0 Å². The van der Waals surface area contributed by atoms with Crippen LogP contribution in [0.5, 0.6) is 5.75 Å². The lowest BCUT2D eigenvalue weighted by Crippen LogP contribution is -2.27. The molecule has 0 saturated heterocycles. The molecule has 0 bridgehead atoms. The Bertz CT molecular complexity index is 358. The highest BCUT2D eigenvalue weighted by Crippen LogP contribution is 2.16. The normalized spacial score (nSPS) is 10.7. The Labute approximate surface area is 103 Å². The van der Waals surface area contributed by atoms with E-state index in [9.17, 15) is 4.79 Å². The maximum Gasteiger partial charge on any atom is 0.238 e. The van der Waals surface area contributed by atoms with Crippen molar-refractivity contribution in [3.8, 4) is 5.75 Å². The van der Waals surface area contributed by atoms with Crippen LogP contribution >= 0.6 is 0 Å². The number of likely N-dealkylation sites (N-methyl/N-ethyl adjacent to an activating group) is 1. The molecule has 0 aliphatic carbocycles. The molecule has 0 aliphatic rings. The average molecular weight is 236 g/mol. The van der Waals surface area contributed by atoms with Gasteiger partial charge in [0.05, 0.1) is 12.6 Å². The number of amides is 1. The van der Waals surface area contributed by atoms with Crippen LogP contribution in [-0.4, -0.2) is 37.6 Å². The minimum absolute atomic E-state index is 0.0208. The molecule has 0 unspecified atom stereocenters. The number of nitrogens with zero attached hydrogens (tertiary/aromatic N) is 1. The van der Waals surface area contributed by atoms with Gasteiger partial charge < -0.3 is 15.0 Å². The van der Waals surface area contributed by atoms with Crippen LogP contribution in [0.4, 0.5) is 5.69 Å². The van der Waals surface area contributed by atoms with Gasteiger partial charge in [0.15, 0.2) is 0 Å². The van der Waals surface area contributed by atoms with E-state index in [0.29, 0.717) is 6.54 Å². The molecule has 94 valence electrons. The predicted octanol–water partition coefficient (Wildman–Crippen LogP) is 1.97. The first-order chi connectivity index (χ1) is 7.97. The lowest BCUT2D eigenvalue weighted by molar-refractivity contribution is -0.116. The maximum absolute atomic E-state index is 11.5. The van der Waals surface area contributed by atoms with Gasteiger partial charge in [-0.05, 0) is 52.2 Å². The molecule has 1 rings (SSSR count). The Hall–Kier alpha value is -1.55. The summed E-state index contributed by atoms with van der Waals surface area (Å²) in [6.45, 7) is 4.34. The first kappa shape index (κ1) is 13.5. The van der Waals surface area contributed by atoms with Crippen molar-refractivity contribution in [3.63, 3.8) is 0 Å². The summed E-state index contributed by atoms with van der Waals surface area (Å²) in [6, 6.07) is 7.38. The summed E-state index contributed by atoms with van der Waals surface area (Å²) in [4.78, 5) is 13.3. The second kappa shape index (κ2) is 6.25. The van der Waals surface area contributed by atoms with Crippen molar-refractivity contribution in [1.82, 2.24) is 4.90 Å². The highest BCUT2D eigenvalue weighted by atomic mass is 16.5. The van der Waals surface area contributed by atoms with Crippen molar-refractivity contribution < 1.29 is 9.53 Å². The fourth-order valence-corrected chi connectivity index (χ4v) is 1.38. The third-order valence-corrected chi connectivity index (χ3v) is 1.97. The van der Waals surface area contributed by atoms with E-state index in [1.54, 1.807) is 0 Å². The van der Waals surface area contributed by atoms with Crippen LogP contribution in [-0.2, 0) is 4.79 Å². The molecule has 1 N–H and O–H groups in total. The highest BCUT2D eigenvalue weighted by Gasteiger charge is 2.04. The molecule has 0 aromatic heterocycles. The summed E-state index contributed by atoms with van der Waals surface area (Å²) in [6.07, 6.45) is 0.157. The molecule has 4 nitrogen and oxygen atoms in total. The van der Waals surface area contributed by atoms with Crippen molar-refractivity contribution in [2.75, 3.05) is 26.0 Å². The van der Waals surface area contributed by atoms with Crippen LogP contribution < -0.4 is 10.1 Å². The number of carbonyl (C=O) groups is 1. The fraction of sp³-hybridized carbons (Fsp3) is 0.462. The smallest absolute Gasteiger partial charge is 0.238 e. The standard InChI is InChI=1S/C13H20N2O2/c1-10(2)17-12-7-5-11(6-8-12)14-13(16)9-15(3)4/h5-8,10H,9H2,1-4H3,(H,14,16). The van der Waals surface area contributed by atoms with E-state index in [2.05, 4.69) is 5.32 Å². The van der Waals surface area contributed by atoms with Crippen LogP contribution in [0.15, 0.2) is 24.3 Å². The number of hydrogen-bond acceptors (Lipinski definition) is 3. The minimum Gasteiger partial charge on any atom is -0.491 e. The Morgan fingerprint density at radius 2 is 1.88 bits per heavy atom. The Morgan fingerprint density at radius 1 is 1.29 bits per heavy atom. The van der Waals surface area contributed by atoms with Crippen LogP contribution in [0.2, 0.25) is 0 Å². The zero-order chi connectivity index (χ0) is 12.8. The lowest BCUT2D eigenvalue weighted by Gasteiger charge is -2.12. The zero-order valence-corrected chi connectivity index (χ0v) is 10.9. The molecule has 0 atom stereocenters. The van der Waals surface area contributed by atoms with Gasteiger partial charge >= 0.3 is 0 Å². The van der Waals surface area contributed by atoms with Crippen LogP contribution in [0.25, 0.3) is 0 Å². The van der Waals surface area contributed by atoms with E-state index in [1.807, 2.05) is 57.1 Å². The topological polar surface area (TPSA) is 41.6 Å². The van der Waals surface area contributed by atoms with Gasteiger partial charge in [0.25, 0.3) is 0 Å². The molecule has 17 heavy (non-hydrogen) atoms. The zero-order valence-electron chi connectivity index (χ0n) is 10.9. The molecule has 0 fully saturated rings. The van der Waals surface area contributed by atoms with E-state index in [4.69, 9.17) is 4.74 Å². The summed E-state index contributed by atoms with van der Waals surface area (Å²) in [5.74, 6) is 0.790. The van der Waals surface area contributed by atoms with Gasteiger partial charge in [0.2, 0.25) is 5.91 Å². The van der Waals surface area contributed by atoms with Crippen molar-refractivity contribution >= 4 is 11.6 Å². The van der Waals surface area contributed by atoms with Gasteiger partial charge in [-0.15, -0.1) is 0 Å². The fourth-order valence-electron chi connectivity index (χ4n) is 1.38. The second-order valence-corrected chi connectivity index (χ2v) is 4.48. The first-order valence-electron chi connectivity index (χ1n) is 5.68. The molecular weight excluding hydrogens is 216 g/mol. The summed E-state index contributed by atoms with van der Waals surface area (Å²) in [5, 5.41) is 2.82. The molecule has 0 aliphatic heterocycles. The summed E-state index contributed by atoms with van der Waals surface area (Å²) >= 11 is 0. The molecule has 0 radical (unpaired) electrons. The van der Waals surface area contributed by atoms with Gasteiger partial charge in [0.1, 0.15) is 5.75 Å². The van der Waals surface area contributed by atoms with Crippen LogP contribution in [0.3, 0.4) is 0 Å². The molecule has 0 saturated carbocycles. The largest absolute Gasteiger partial charge is 0.491 e. The van der Waals surface area contributed by atoms with E-state index in [0.717, 1.165) is 11.4 Å². The summed E-state index contributed by atoms with van der Waals surface area (Å²) in [7, 11) is 3.72. The molecular formula is C13H20N2O2. The Kier molecular flexibility index (Phi) is 4.97. The van der Waals surface area contributed by atoms with Gasteiger partial charge in [-0.3, -0.25) is 4.79 Å². The second-order valence-electron chi connectivity index (χ2n) is 4.48. The van der Waals surface area contributed by atoms with E-state index in [1.165, 1.54) is 0 Å². The highest BCUT2D eigenvalue weighted by molar-refractivity contribution is 5.92. The van der Waals surface area contributed by atoms with E-state index in [-0.39, 0.29) is 12.0 Å².